The van der Waals surface area contributed by atoms with Crippen molar-refractivity contribution in [1.82, 2.24) is 4.90 Å². The third-order valence-corrected chi connectivity index (χ3v) is 25.4. The number of aromatic hydroxyl groups is 12. The van der Waals surface area contributed by atoms with Gasteiger partial charge in [0, 0.05) is 156 Å². The van der Waals surface area contributed by atoms with Crippen molar-refractivity contribution in [2.75, 3.05) is 14.1 Å². The Hall–Kier alpha value is -10.0. The van der Waals surface area contributed by atoms with Gasteiger partial charge in [0.05, 0.1) is 60.3 Å². The molecule has 145 heavy (non-hydrogen) atoms. The summed E-state index contributed by atoms with van der Waals surface area (Å²) in [5.41, 5.74) is 4.91. The van der Waals surface area contributed by atoms with Gasteiger partial charge >= 0.3 is 147 Å². The van der Waals surface area contributed by atoms with E-state index in [0.29, 0.717) is 43.8 Å². The molecular formula is C101H108Br3I3Mo4N10O24. The van der Waals surface area contributed by atoms with Gasteiger partial charge in [-0.25, -0.2) is 0 Å². The first-order valence-electron chi connectivity index (χ1n) is 43.3. The molecule has 0 fully saturated rings. The molecule has 0 radical (unpaired) electrons. The van der Waals surface area contributed by atoms with Crippen LogP contribution < -0.4 is 76.8 Å². The molecule has 0 heterocycles. The molecule has 0 unspecified atom stereocenters. The van der Waals surface area contributed by atoms with Crippen molar-refractivity contribution in [3.05, 3.63) is 376 Å². The third kappa shape index (κ3) is 43.7. The van der Waals surface area contributed by atoms with Crippen LogP contribution >= 0.6 is 47.8 Å². The molecule has 44 heteroatoms. The van der Waals surface area contributed by atoms with Crippen LogP contribution in [0.4, 0.5) is 34.1 Å². The topological polar surface area (TPSA) is 509 Å². The van der Waals surface area contributed by atoms with Crippen LogP contribution in [-0.4, -0.2) is 119 Å². The zero-order chi connectivity index (χ0) is 106. The molecule has 34 nitrogen and oxygen atoms in total. The Morgan fingerprint density at radius 2 is 0.469 bits per heavy atom. The zero-order valence-corrected chi connectivity index (χ0v) is 99.0. The Morgan fingerprint density at radius 3 is 0.676 bits per heavy atom. The quantitative estimate of drug-likeness (QED) is 0.00654. The SMILES string of the molecule is CC[C]#[Mo].CC[C]#[Mo].CC[C]#[Mo].CC[C]#[Mo].C[N+](Cc1cc(Br)ccc1O)(Cc1cc(Br)ccc1O)Cc1cc(Br)ccc1O.Cc1cc([N+](=O)[O-])cc(C[N+](C)(Cc2cc([N+](=O)[O-])cc(C)c2O)Cc2cc([N+](=O)[O-])cc(C)c2O)c1O.O=[N+]([O-])c1ccc(O)c(CN(Cc2cc([N+](=O)[O-])ccc2O)Cc2cc([N+](=O)[O-])ccc2O)c1.Oc1ccccc1C[NH+](Cc1ccccc1O)Cc1ccccc1O.[I-].[I-].[I-]. The minimum absolute atomic E-state index is 0. The van der Waals surface area contributed by atoms with Crippen molar-refractivity contribution in [3.63, 3.8) is 0 Å². The number of benzene rings is 12. The standard InChI is InChI=1S/C25H26N4O9.C22H20Br3NO3.C21H18N4O9.C21H21NO3.4C3H5.3HI.4Mo/c1-14-5-20(26(33)34)8-17(23(14)30)11-29(4,12-18-9-21(27(35)36)6-15(2)24(18)31)13-19-10-22(28(37)38)7-16(3)25(19)32;1-26(11-14-8-17(23)2-5-20(14)27,12-15-9-18(24)3-6-21(15)28)13-16-10-19(25)4-7-22(16)29;26-19-4-1-16(23(29)30)7-13(19)10-22(11-14-8-17(24(31)32)2-5-20(14)27)12-15-9-18(25(33)34)3-6-21(15)28;23-19-10-4-1-7-16(19)13-22(14-17-8-2-5-11-20(17)24)15-18-9-3-6-12-21(18)25;4*1-3-2;;;;;;;/h5-10H,11-13H2,1-4H3,(H2-,30,31,32);2-10H,11-13H2,1H3,(H2-,27,28,29);1-9,26-28H,10-12H2;1-12,23-25H,13-15H2;4*3H2,1H3;3*1H;;;;. The van der Waals surface area contributed by atoms with Crippen LogP contribution in [0, 0.1) is 98.3 Å². The van der Waals surface area contributed by atoms with Crippen molar-refractivity contribution >= 4 is 81.9 Å². The molecule has 12 aromatic rings. The van der Waals surface area contributed by atoms with Crippen LogP contribution in [0.5, 0.6) is 69.0 Å². The number of non-ortho nitro benzene ring substituents is 6. The molecule has 0 saturated heterocycles. The normalized spacial score (nSPS) is 10.3. The predicted octanol–water partition coefficient (Wildman–Crippen LogP) is 12.2. The van der Waals surface area contributed by atoms with Crippen LogP contribution in [0.25, 0.3) is 0 Å². The number of hydrogen-bond acceptors (Lipinski definition) is 25. The van der Waals surface area contributed by atoms with Gasteiger partial charge in [-0.1, -0.05) is 84.2 Å². The number of para-hydroxylation sites is 3. The average molecular weight is 2850 g/mol. The van der Waals surface area contributed by atoms with E-state index < -0.39 is 29.5 Å². The van der Waals surface area contributed by atoms with E-state index in [0.717, 1.165) is 132 Å². The maximum atomic E-state index is 11.5. The number of halogens is 6. The Labute approximate surface area is 958 Å². The molecule has 0 aromatic heterocycles. The Morgan fingerprint density at radius 1 is 0.283 bits per heavy atom. The summed E-state index contributed by atoms with van der Waals surface area (Å²) in [7, 11) is 3.69. The maximum absolute atomic E-state index is 11.5. The van der Waals surface area contributed by atoms with E-state index in [1.165, 1.54) is 62.1 Å². The van der Waals surface area contributed by atoms with Crippen LogP contribution in [0.2, 0.25) is 0 Å². The molecule has 12 aromatic carbocycles. The fraction of sp³-hybridized carbons (Fsp3) is 0.248. The molecule has 0 spiro atoms. The first-order valence-corrected chi connectivity index (χ1v) is 49.7. The summed E-state index contributed by atoms with van der Waals surface area (Å²) in [5.74, 6) is 0.0556. The predicted molar refractivity (Wildman–Crippen MR) is 531 cm³/mol. The first kappa shape index (κ1) is 131. The van der Waals surface area contributed by atoms with Crippen molar-refractivity contribution < 1.29 is 253 Å². The molecule has 0 amide bonds. The van der Waals surface area contributed by atoms with E-state index in [2.05, 4.69) is 92.3 Å². The van der Waals surface area contributed by atoms with E-state index in [-0.39, 0.29) is 269 Å². The minimum Gasteiger partial charge on any atom is -1.00 e. The van der Waals surface area contributed by atoms with Gasteiger partial charge in [-0.3, -0.25) is 65.6 Å². The van der Waals surface area contributed by atoms with Gasteiger partial charge < -0.3 is 147 Å². The Balaban J connectivity index is 0.000000621. The van der Waals surface area contributed by atoms with E-state index >= 15 is 0 Å². The second kappa shape index (κ2) is 65.6. The van der Waals surface area contributed by atoms with Crippen LogP contribution in [0.3, 0.4) is 0 Å². The molecule has 0 saturated carbocycles. The van der Waals surface area contributed by atoms with Crippen LogP contribution in [0.1, 0.15) is 137 Å². The maximum Gasteiger partial charge on any atom is 0.270 e. The molecule has 12 rings (SSSR count). The number of hydrogen-bond donors (Lipinski definition) is 13. The summed E-state index contributed by atoms with van der Waals surface area (Å²) in [6.07, 6.45) is 4.30. The summed E-state index contributed by atoms with van der Waals surface area (Å²) >= 11 is 17.9. The minimum atomic E-state index is -0.647. The van der Waals surface area contributed by atoms with Crippen LogP contribution in [0.15, 0.2) is 232 Å². The van der Waals surface area contributed by atoms with E-state index in [1.807, 2.05) is 138 Å². The second-order valence-electron chi connectivity index (χ2n) is 32.6. The fourth-order valence-electron chi connectivity index (χ4n) is 14.3. The number of quaternary nitrogens is 3. The van der Waals surface area contributed by atoms with E-state index in [4.69, 9.17) is 0 Å². The summed E-state index contributed by atoms with van der Waals surface area (Å²) in [6.45, 7) is 15.3. The number of phenols is 12. The van der Waals surface area contributed by atoms with Gasteiger partial charge in [-0.05, 0) is 147 Å². The largest absolute Gasteiger partial charge is 1.00 e. The Kier molecular flexibility index (Phi) is 59.3. The van der Waals surface area contributed by atoms with Crippen molar-refractivity contribution in [2.24, 2.45) is 0 Å². The molecule has 772 valence electrons. The van der Waals surface area contributed by atoms with Gasteiger partial charge in [0.25, 0.3) is 34.1 Å². The number of nitro groups is 6. The van der Waals surface area contributed by atoms with E-state index in [1.54, 1.807) is 79.8 Å². The number of nitrogens with one attached hydrogen (secondary N) is 1. The smallest absolute Gasteiger partial charge is 0.270 e. The molecule has 0 aliphatic rings. The number of nitrogens with zero attached hydrogens (tertiary/aromatic N) is 9. The second-order valence-corrected chi connectivity index (χ2v) is 38.2. The summed E-state index contributed by atoms with van der Waals surface area (Å²) in [4.78, 5) is 66.6. The summed E-state index contributed by atoms with van der Waals surface area (Å²) in [5, 5.41) is 192. The number of nitro benzene ring substituents is 6. The number of rotatable bonds is 30. The third-order valence-electron chi connectivity index (χ3n) is 21.0. The molecule has 0 aliphatic carbocycles. The monoisotopic (exact) mass is 2850 g/mol. The zero-order valence-electron chi connectivity index (χ0n) is 79.8. The number of phenolic OH excluding ortho intramolecular Hbond substituents is 12. The average Bonchev–Trinajstić information content (AvgIpc) is 0.766. The summed E-state index contributed by atoms with van der Waals surface area (Å²) < 4.78 is 14.7. The van der Waals surface area contributed by atoms with Gasteiger partial charge in [0.2, 0.25) is 0 Å². The van der Waals surface area contributed by atoms with Gasteiger partial charge in [0.1, 0.15) is 128 Å². The van der Waals surface area contributed by atoms with E-state index in [9.17, 15) is 122 Å². The molecule has 0 bridgehead atoms. The molecule has 0 atom stereocenters. The van der Waals surface area contributed by atoms with Crippen molar-refractivity contribution in [1.29, 1.82) is 0 Å². The number of aryl methyl sites for hydroxylation is 3. The van der Waals surface area contributed by atoms with Gasteiger partial charge in [-0.2, -0.15) is 0 Å². The fourth-order valence-corrected chi connectivity index (χ4v) is 15.5. The van der Waals surface area contributed by atoms with Crippen molar-refractivity contribution in [3.8, 4) is 85.8 Å². The van der Waals surface area contributed by atoms with Gasteiger partial charge in [0.15, 0.2) is 0 Å². The molecule has 13 N–H and O–H groups in total. The Bertz CT molecular complexity index is 6030. The molecular weight excluding hydrogens is 2740 g/mol. The van der Waals surface area contributed by atoms with Gasteiger partial charge in [-0.15, -0.1) is 0 Å². The summed E-state index contributed by atoms with van der Waals surface area (Å²) in [6, 6.07) is 55.3. The molecule has 0 aliphatic heterocycles. The first-order chi connectivity index (χ1) is 67.1. The van der Waals surface area contributed by atoms with Crippen LogP contribution in [-0.2, 0) is 155 Å². The van der Waals surface area contributed by atoms with Crippen molar-refractivity contribution in [2.45, 2.75) is 153 Å².